The van der Waals surface area contributed by atoms with E-state index in [0.29, 0.717) is 73.5 Å². The second-order valence-electron chi connectivity index (χ2n) is 9.96. The summed E-state index contributed by atoms with van der Waals surface area (Å²) in [6.45, 7) is 8.28. The number of pyridine rings is 1. The van der Waals surface area contributed by atoms with Gasteiger partial charge in [-0.05, 0) is 69.3 Å². The smallest absolute Gasteiger partial charge is 0.256 e. The van der Waals surface area contributed by atoms with Crippen LogP contribution in [0.4, 0.5) is 10.1 Å². The van der Waals surface area contributed by atoms with Crippen molar-refractivity contribution in [2.45, 2.75) is 33.2 Å². The van der Waals surface area contributed by atoms with Gasteiger partial charge < -0.3 is 25.2 Å². The summed E-state index contributed by atoms with van der Waals surface area (Å²) < 4.78 is 22.1. The Labute approximate surface area is 245 Å². The summed E-state index contributed by atoms with van der Waals surface area (Å²) in [5.74, 6) is -0.981. The van der Waals surface area contributed by atoms with Gasteiger partial charge in [0, 0.05) is 56.1 Å². The first-order chi connectivity index (χ1) is 19.8. The molecule has 2 N–H and O–H groups in total. The molecule has 1 saturated heterocycles. The first kappa shape index (κ1) is 30.3. The highest BCUT2D eigenvalue weighted by molar-refractivity contribution is 6.33. The Kier molecular flexibility index (Phi) is 10.2. The van der Waals surface area contributed by atoms with Gasteiger partial charge in [-0.1, -0.05) is 24.6 Å². The number of carbonyl (C=O) groups excluding carboxylic acids is 2. The molecule has 1 fully saturated rings. The van der Waals surface area contributed by atoms with Gasteiger partial charge in [-0.25, -0.2) is 9.37 Å². The number of anilines is 1. The molecule has 4 rings (SSSR count). The van der Waals surface area contributed by atoms with Crippen LogP contribution in [0.5, 0.6) is 5.88 Å². The number of ether oxygens (including phenoxy) is 1. The number of amides is 2. The van der Waals surface area contributed by atoms with Gasteiger partial charge in [0.15, 0.2) is 0 Å². The molecule has 0 spiro atoms. The average Bonchev–Trinajstić information content (AvgIpc) is 2.97. The van der Waals surface area contributed by atoms with Crippen LogP contribution in [0, 0.1) is 12.7 Å². The maximum absolute atomic E-state index is 16.4. The molecule has 0 unspecified atom stereocenters. The fourth-order valence-electron chi connectivity index (χ4n) is 5.14. The molecule has 2 aromatic carbocycles. The Morgan fingerprint density at radius 1 is 1.12 bits per heavy atom. The summed E-state index contributed by atoms with van der Waals surface area (Å²) in [5.41, 5.74) is 2.60. The summed E-state index contributed by atoms with van der Waals surface area (Å²) in [7, 11) is 1.78. The largest absolute Gasteiger partial charge is 0.478 e. The van der Waals surface area contributed by atoms with E-state index in [1.165, 1.54) is 0 Å². The van der Waals surface area contributed by atoms with Crippen LogP contribution in [0.25, 0.3) is 11.1 Å². The lowest BCUT2D eigenvalue weighted by molar-refractivity contribution is 0.0720. The summed E-state index contributed by atoms with van der Waals surface area (Å²) in [5, 5.41) is 6.25. The Balaban J connectivity index is 1.70. The van der Waals surface area contributed by atoms with E-state index < -0.39 is 11.7 Å². The molecule has 1 aromatic heterocycles. The van der Waals surface area contributed by atoms with Crippen LogP contribution in [-0.2, 0) is 0 Å². The number of halogens is 2. The lowest BCUT2D eigenvalue weighted by Crippen LogP contribution is -2.55. The van der Waals surface area contributed by atoms with E-state index in [9.17, 15) is 9.59 Å². The number of benzene rings is 2. The van der Waals surface area contributed by atoms with Gasteiger partial charge in [0.2, 0.25) is 5.88 Å². The third-order valence-electron chi connectivity index (χ3n) is 7.26. The van der Waals surface area contributed by atoms with Gasteiger partial charge in [0.25, 0.3) is 11.8 Å². The zero-order valence-corrected chi connectivity index (χ0v) is 24.7. The van der Waals surface area contributed by atoms with Crippen molar-refractivity contribution in [2.75, 3.05) is 51.3 Å². The van der Waals surface area contributed by atoms with E-state index in [1.807, 2.05) is 31.7 Å². The van der Waals surface area contributed by atoms with Crippen LogP contribution < -0.4 is 20.3 Å². The zero-order valence-electron chi connectivity index (χ0n) is 24.0. The van der Waals surface area contributed by atoms with Crippen LogP contribution in [0.3, 0.4) is 0 Å². The summed E-state index contributed by atoms with van der Waals surface area (Å²) in [6, 6.07) is 12.2. The minimum Gasteiger partial charge on any atom is -0.478 e. The predicted molar refractivity (Wildman–Crippen MR) is 161 cm³/mol. The molecule has 3 aromatic rings. The third kappa shape index (κ3) is 6.63. The molecular weight excluding hydrogens is 545 g/mol. The maximum atomic E-state index is 16.4. The summed E-state index contributed by atoms with van der Waals surface area (Å²) in [6.07, 6.45) is 2.27. The number of nitrogens with zero attached hydrogens (tertiary/aromatic N) is 3. The zero-order chi connectivity index (χ0) is 29.5. The van der Waals surface area contributed by atoms with E-state index in [-0.39, 0.29) is 23.1 Å². The molecule has 0 saturated carbocycles. The second kappa shape index (κ2) is 13.8. The molecule has 1 aliphatic heterocycles. The minimum absolute atomic E-state index is 0.0373. The normalized spacial score (nSPS) is 15.1. The fraction of sp³-hybridized carbons (Fsp3) is 0.387. The van der Waals surface area contributed by atoms with Crippen LogP contribution >= 0.6 is 11.6 Å². The number of likely N-dealkylation sites (N-methyl/N-ethyl adjacent to an activating group) is 1. The van der Waals surface area contributed by atoms with Crippen LogP contribution in [0.15, 0.2) is 48.7 Å². The summed E-state index contributed by atoms with van der Waals surface area (Å²) in [4.78, 5) is 34.9. The van der Waals surface area contributed by atoms with E-state index >= 15 is 4.39 Å². The molecule has 0 aliphatic carbocycles. The Morgan fingerprint density at radius 3 is 2.63 bits per heavy atom. The number of rotatable bonds is 10. The Bertz CT molecular complexity index is 1400. The highest BCUT2D eigenvalue weighted by atomic mass is 35.5. The molecule has 2 amide bonds. The molecular formula is C31H37ClFN5O3. The third-order valence-corrected chi connectivity index (χ3v) is 7.57. The van der Waals surface area contributed by atoms with Gasteiger partial charge >= 0.3 is 0 Å². The van der Waals surface area contributed by atoms with Gasteiger partial charge in [0.1, 0.15) is 5.82 Å². The topological polar surface area (TPSA) is 86.8 Å². The van der Waals surface area contributed by atoms with E-state index in [2.05, 4.69) is 15.6 Å². The molecule has 10 heteroatoms. The Morgan fingerprint density at radius 2 is 1.93 bits per heavy atom. The number of aromatic nitrogens is 1. The molecule has 218 valence electrons. The van der Waals surface area contributed by atoms with Gasteiger partial charge in [-0.2, -0.15) is 0 Å². The number of aryl methyl sites for hydroxylation is 1. The molecule has 0 bridgehead atoms. The standard InChI is InChI=1S/C31H37ClFN5O3/c1-5-21-19-37(31(40)24-10-9-20(3)18-25(24)32)16-17-38(21)26-12-11-22(23-8-7-13-36-30(23)41-6-2)28(33)27(26)29(39)35-15-14-34-4/h7-13,18,21,34H,5-6,14-17,19H2,1-4H3,(H,35,39)/t21-/m1/s1. The first-order valence-electron chi connectivity index (χ1n) is 14.0. The Hall–Kier alpha value is -3.69. The number of hydrogen-bond donors (Lipinski definition) is 2. The molecule has 41 heavy (non-hydrogen) atoms. The van der Waals surface area contributed by atoms with Crippen LogP contribution in [0.2, 0.25) is 5.02 Å². The molecule has 1 aliphatic rings. The monoisotopic (exact) mass is 581 g/mol. The first-order valence-corrected chi connectivity index (χ1v) is 14.3. The van der Waals surface area contributed by atoms with Crippen LogP contribution in [-0.4, -0.2) is 74.1 Å². The van der Waals surface area contributed by atoms with Gasteiger partial charge in [0.05, 0.1) is 28.4 Å². The molecule has 1 atom stereocenters. The van der Waals surface area contributed by atoms with Crippen molar-refractivity contribution < 1.29 is 18.7 Å². The lowest BCUT2D eigenvalue weighted by Gasteiger charge is -2.43. The molecule has 0 radical (unpaired) electrons. The predicted octanol–water partition coefficient (Wildman–Crippen LogP) is 4.94. The molecule has 8 nitrogen and oxygen atoms in total. The lowest BCUT2D eigenvalue weighted by atomic mass is 9.98. The van der Waals surface area contributed by atoms with Crippen molar-refractivity contribution >= 4 is 29.1 Å². The minimum atomic E-state index is -0.641. The van der Waals surface area contributed by atoms with Gasteiger partial charge in [-0.15, -0.1) is 0 Å². The van der Waals surface area contributed by atoms with Crippen molar-refractivity contribution in [1.29, 1.82) is 0 Å². The van der Waals surface area contributed by atoms with Crippen molar-refractivity contribution in [3.05, 3.63) is 76.2 Å². The van der Waals surface area contributed by atoms with Crippen molar-refractivity contribution in [1.82, 2.24) is 20.5 Å². The highest BCUT2D eigenvalue weighted by Crippen LogP contribution is 2.37. The number of carbonyl (C=O) groups is 2. The fourth-order valence-corrected chi connectivity index (χ4v) is 5.45. The SMILES string of the molecule is CCOc1ncccc1-c1ccc(N2CCN(C(=O)c3ccc(C)cc3Cl)C[C@H]2CC)c(C(=O)NCCNC)c1F. The maximum Gasteiger partial charge on any atom is 0.256 e. The van der Waals surface area contributed by atoms with Gasteiger partial charge in [-0.3, -0.25) is 9.59 Å². The van der Waals surface area contributed by atoms with E-state index in [4.69, 9.17) is 16.3 Å². The average molecular weight is 582 g/mol. The highest BCUT2D eigenvalue weighted by Gasteiger charge is 2.33. The number of hydrogen-bond acceptors (Lipinski definition) is 6. The van der Waals surface area contributed by atoms with Crippen molar-refractivity contribution in [3.63, 3.8) is 0 Å². The number of nitrogens with one attached hydrogen (secondary N) is 2. The van der Waals surface area contributed by atoms with E-state index in [0.717, 1.165) is 5.56 Å². The van der Waals surface area contributed by atoms with Crippen molar-refractivity contribution in [3.8, 4) is 17.0 Å². The molecule has 2 heterocycles. The number of piperazine rings is 1. The van der Waals surface area contributed by atoms with E-state index in [1.54, 1.807) is 54.5 Å². The van der Waals surface area contributed by atoms with Crippen LogP contribution in [0.1, 0.15) is 46.5 Å². The quantitative estimate of drug-likeness (QED) is 0.330. The second-order valence-corrected chi connectivity index (χ2v) is 10.4. The van der Waals surface area contributed by atoms with Crippen molar-refractivity contribution in [2.24, 2.45) is 0 Å². The summed E-state index contributed by atoms with van der Waals surface area (Å²) >= 11 is 6.40.